The number of ether oxygens (including phenoxy) is 1. The fourth-order valence-electron chi connectivity index (χ4n) is 1.76. The zero-order valence-corrected chi connectivity index (χ0v) is 13.3. The molecule has 0 heterocycles. The van der Waals surface area contributed by atoms with Crippen molar-refractivity contribution in [1.82, 2.24) is 10.6 Å². The van der Waals surface area contributed by atoms with E-state index in [1.165, 1.54) is 0 Å². The van der Waals surface area contributed by atoms with E-state index in [-0.39, 0.29) is 17.7 Å². The molecule has 5 heteroatoms. The first-order valence-corrected chi connectivity index (χ1v) is 7.39. The van der Waals surface area contributed by atoms with Gasteiger partial charge < -0.3 is 20.5 Å². The summed E-state index contributed by atoms with van der Waals surface area (Å²) < 4.78 is 5.34. The first kappa shape index (κ1) is 17.3. The normalized spacial score (nSPS) is 12.2. The van der Waals surface area contributed by atoms with Gasteiger partial charge in [0.05, 0.1) is 12.6 Å². The molecular weight excluding hydrogens is 268 g/mol. The van der Waals surface area contributed by atoms with Gasteiger partial charge in [-0.05, 0) is 37.5 Å². The van der Waals surface area contributed by atoms with Crippen LogP contribution in [0.1, 0.15) is 33.3 Å². The Morgan fingerprint density at radius 3 is 2.67 bits per heavy atom. The maximum absolute atomic E-state index is 11.9. The topological polar surface area (TPSA) is 70.6 Å². The minimum Gasteiger partial charge on any atom is -0.504 e. The van der Waals surface area contributed by atoms with Gasteiger partial charge in [-0.25, -0.2) is 0 Å². The molecule has 0 aliphatic heterocycles. The Morgan fingerprint density at radius 1 is 1.33 bits per heavy atom. The zero-order valence-electron chi connectivity index (χ0n) is 13.3. The van der Waals surface area contributed by atoms with Crippen molar-refractivity contribution in [1.29, 1.82) is 0 Å². The number of phenolic OH excluding ortho intramolecular Hbond substituents is 1. The number of carbonyl (C=O) groups is 1. The Labute approximate surface area is 126 Å². The van der Waals surface area contributed by atoms with E-state index in [0.29, 0.717) is 31.4 Å². The molecule has 1 unspecified atom stereocenters. The predicted octanol–water partition coefficient (Wildman–Crippen LogP) is 2.04. The van der Waals surface area contributed by atoms with Gasteiger partial charge in [0.1, 0.15) is 0 Å². The Hall–Kier alpha value is -1.75. The molecule has 0 bridgehead atoms. The first-order chi connectivity index (χ1) is 9.93. The van der Waals surface area contributed by atoms with E-state index in [0.717, 1.165) is 5.56 Å². The molecular formula is C16H26N2O3. The molecule has 1 aromatic rings. The fourth-order valence-corrected chi connectivity index (χ4v) is 1.76. The summed E-state index contributed by atoms with van der Waals surface area (Å²) in [4.78, 5) is 11.9. The van der Waals surface area contributed by atoms with Gasteiger partial charge in [0.2, 0.25) is 5.91 Å². The van der Waals surface area contributed by atoms with Gasteiger partial charge >= 0.3 is 0 Å². The van der Waals surface area contributed by atoms with Crippen molar-refractivity contribution in [3.05, 3.63) is 23.8 Å². The van der Waals surface area contributed by atoms with Gasteiger partial charge in [-0.1, -0.05) is 19.9 Å². The average molecular weight is 294 g/mol. The van der Waals surface area contributed by atoms with E-state index < -0.39 is 0 Å². The lowest BCUT2D eigenvalue weighted by Gasteiger charge is -2.15. The number of rotatable bonds is 8. The lowest BCUT2D eigenvalue weighted by molar-refractivity contribution is -0.122. The molecule has 0 spiro atoms. The molecule has 0 aromatic heterocycles. The number of benzene rings is 1. The highest BCUT2D eigenvalue weighted by Crippen LogP contribution is 2.26. The van der Waals surface area contributed by atoms with Crippen molar-refractivity contribution >= 4 is 5.91 Å². The molecule has 1 amide bonds. The molecule has 0 saturated carbocycles. The van der Waals surface area contributed by atoms with Crippen molar-refractivity contribution in [3.63, 3.8) is 0 Å². The second-order valence-electron chi connectivity index (χ2n) is 5.48. The van der Waals surface area contributed by atoms with Gasteiger partial charge in [0, 0.05) is 13.1 Å². The monoisotopic (exact) mass is 294 g/mol. The summed E-state index contributed by atoms with van der Waals surface area (Å²) in [5.41, 5.74) is 0.958. The van der Waals surface area contributed by atoms with Crippen LogP contribution >= 0.6 is 0 Å². The van der Waals surface area contributed by atoms with Crippen LogP contribution in [-0.2, 0) is 11.3 Å². The Balaban J connectivity index is 2.50. The molecule has 1 rings (SSSR count). The van der Waals surface area contributed by atoms with Crippen LogP contribution in [0.15, 0.2) is 18.2 Å². The third kappa shape index (κ3) is 6.04. The Bertz CT molecular complexity index is 461. The second kappa shape index (κ2) is 8.52. The summed E-state index contributed by atoms with van der Waals surface area (Å²) in [6.07, 6.45) is 0. The number of phenols is 1. The average Bonchev–Trinajstić information content (AvgIpc) is 2.45. The summed E-state index contributed by atoms with van der Waals surface area (Å²) in [7, 11) is 0. The van der Waals surface area contributed by atoms with Crippen molar-refractivity contribution in [3.8, 4) is 11.5 Å². The number of aromatic hydroxyl groups is 1. The molecule has 1 atom stereocenters. The molecule has 0 aliphatic carbocycles. The summed E-state index contributed by atoms with van der Waals surface area (Å²) in [6, 6.07) is 4.92. The highest BCUT2D eigenvalue weighted by atomic mass is 16.5. The number of carbonyl (C=O) groups excluding carboxylic acids is 1. The number of hydrogen-bond acceptors (Lipinski definition) is 4. The molecule has 5 nitrogen and oxygen atoms in total. The van der Waals surface area contributed by atoms with Crippen LogP contribution in [-0.4, -0.2) is 30.2 Å². The van der Waals surface area contributed by atoms with E-state index >= 15 is 0 Å². The third-order valence-corrected chi connectivity index (χ3v) is 3.01. The quantitative estimate of drug-likeness (QED) is 0.686. The van der Waals surface area contributed by atoms with Crippen LogP contribution in [0.25, 0.3) is 0 Å². The molecule has 0 fully saturated rings. The molecule has 21 heavy (non-hydrogen) atoms. The lowest BCUT2D eigenvalue weighted by Crippen LogP contribution is -2.42. The predicted molar refractivity (Wildman–Crippen MR) is 83.4 cm³/mol. The summed E-state index contributed by atoms with van der Waals surface area (Å²) in [5.74, 6) is 1.02. The molecule has 1 aromatic carbocycles. The molecule has 3 N–H and O–H groups in total. The molecule has 0 aliphatic rings. The number of nitrogens with one attached hydrogen (secondary N) is 2. The minimum absolute atomic E-state index is 0.00694. The van der Waals surface area contributed by atoms with Crippen molar-refractivity contribution in [2.45, 2.75) is 40.3 Å². The molecule has 118 valence electrons. The van der Waals surface area contributed by atoms with E-state index in [1.807, 2.05) is 19.9 Å². The highest BCUT2D eigenvalue weighted by Gasteiger charge is 2.12. The first-order valence-electron chi connectivity index (χ1n) is 7.39. The maximum Gasteiger partial charge on any atom is 0.236 e. The molecule has 0 saturated heterocycles. The maximum atomic E-state index is 11.9. The Kier molecular flexibility index (Phi) is 7.02. The molecule has 0 radical (unpaired) electrons. The van der Waals surface area contributed by atoms with Gasteiger partial charge in [0.15, 0.2) is 11.5 Å². The summed E-state index contributed by atoms with van der Waals surface area (Å²) >= 11 is 0. The van der Waals surface area contributed by atoms with Crippen molar-refractivity contribution in [2.24, 2.45) is 5.92 Å². The van der Waals surface area contributed by atoms with Crippen LogP contribution < -0.4 is 15.4 Å². The largest absolute Gasteiger partial charge is 0.504 e. The number of hydrogen-bond donors (Lipinski definition) is 3. The van der Waals surface area contributed by atoms with Gasteiger partial charge in [-0.15, -0.1) is 0 Å². The van der Waals surface area contributed by atoms with E-state index in [2.05, 4.69) is 24.5 Å². The second-order valence-corrected chi connectivity index (χ2v) is 5.48. The van der Waals surface area contributed by atoms with Crippen LogP contribution in [0.3, 0.4) is 0 Å². The highest BCUT2D eigenvalue weighted by molar-refractivity contribution is 5.81. The number of amides is 1. The van der Waals surface area contributed by atoms with E-state index in [4.69, 9.17) is 4.74 Å². The van der Waals surface area contributed by atoms with Crippen molar-refractivity contribution < 1.29 is 14.6 Å². The van der Waals surface area contributed by atoms with Gasteiger partial charge in [0.25, 0.3) is 0 Å². The minimum atomic E-state index is -0.270. The van der Waals surface area contributed by atoms with Crippen LogP contribution in [0.4, 0.5) is 0 Å². The zero-order chi connectivity index (χ0) is 15.8. The summed E-state index contributed by atoms with van der Waals surface area (Å²) in [5, 5.41) is 15.7. The third-order valence-electron chi connectivity index (χ3n) is 3.01. The SMILES string of the molecule is CCOc1cc(CNC(C)C(=O)NCC(C)C)ccc1O. The van der Waals surface area contributed by atoms with E-state index in [9.17, 15) is 9.90 Å². The Morgan fingerprint density at radius 2 is 2.05 bits per heavy atom. The van der Waals surface area contributed by atoms with Crippen LogP contribution in [0.2, 0.25) is 0 Å². The van der Waals surface area contributed by atoms with Gasteiger partial charge in [-0.2, -0.15) is 0 Å². The van der Waals surface area contributed by atoms with Crippen LogP contribution in [0.5, 0.6) is 11.5 Å². The fraction of sp³-hybridized carbons (Fsp3) is 0.562. The summed E-state index contributed by atoms with van der Waals surface area (Å²) in [6.45, 7) is 9.53. The standard InChI is InChI=1S/C16H26N2O3/c1-5-21-15-8-13(6-7-14(15)19)10-17-12(4)16(20)18-9-11(2)3/h6-8,11-12,17,19H,5,9-10H2,1-4H3,(H,18,20). The van der Waals surface area contributed by atoms with E-state index in [1.54, 1.807) is 12.1 Å². The smallest absolute Gasteiger partial charge is 0.236 e. The van der Waals surface area contributed by atoms with Crippen molar-refractivity contribution in [2.75, 3.05) is 13.2 Å². The van der Waals surface area contributed by atoms with Gasteiger partial charge in [-0.3, -0.25) is 4.79 Å². The van der Waals surface area contributed by atoms with Crippen LogP contribution in [0, 0.1) is 5.92 Å². The lowest BCUT2D eigenvalue weighted by atomic mass is 10.2.